The Kier molecular flexibility index (Phi) is 12.2. The van der Waals surface area contributed by atoms with Crippen LogP contribution >= 0.6 is 0 Å². The van der Waals surface area contributed by atoms with Crippen LogP contribution in [0.25, 0.3) is 0 Å². The molecule has 0 aliphatic carbocycles. The molecule has 1 aliphatic heterocycles. The molecule has 0 aromatic rings. The lowest BCUT2D eigenvalue weighted by atomic mass is 10.4. The standard InChI is InChI=1S/C18H38O5Si/c1-5-8-11-21-24(22-12-9-6-2,23-13-10-7-3)17(4)14-19-15-18-16-20-18/h17-18H,5-16H2,1-4H3. The van der Waals surface area contributed by atoms with Crippen LogP contribution in [0.4, 0.5) is 0 Å². The number of unbranched alkanes of at least 4 members (excludes halogenated alkanes) is 3. The number of hydrogen-bond acceptors (Lipinski definition) is 5. The van der Waals surface area contributed by atoms with Gasteiger partial charge in [-0.25, -0.2) is 0 Å². The van der Waals surface area contributed by atoms with Crippen molar-refractivity contribution < 1.29 is 22.8 Å². The van der Waals surface area contributed by atoms with Gasteiger partial charge in [-0.05, 0) is 19.3 Å². The van der Waals surface area contributed by atoms with Gasteiger partial charge >= 0.3 is 8.80 Å². The van der Waals surface area contributed by atoms with E-state index in [-0.39, 0.29) is 11.6 Å². The van der Waals surface area contributed by atoms with Crippen molar-refractivity contribution in [2.24, 2.45) is 0 Å². The smallest absolute Gasteiger partial charge is 0.378 e. The summed E-state index contributed by atoms with van der Waals surface area (Å²) in [5.41, 5.74) is 0.141. The van der Waals surface area contributed by atoms with Gasteiger partial charge in [0.25, 0.3) is 0 Å². The number of hydrogen-bond donors (Lipinski definition) is 0. The third kappa shape index (κ3) is 8.92. The summed E-state index contributed by atoms with van der Waals surface area (Å²) in [4.78, 5) is 0. The molecule has 0 aromatic heterocycles. The zero-order valence-corrected chi connectivity index (χ0v) is 17.2. The first-order valence-corrected chi connectivity index (χ1v) is 11.6. The van der Waals surface area contributed by atoms with Gasteiger partial charge in [0, 0.05) is 25.4 Å². The van der Waals surface area contributed by atoms with Crippen LogP contribution < -0.4 is 0 Å². The van der Waals surface area contributed by atoms with Gasteiger partial charge in [-0.3, -0.25) is 0 Å². The summed E-state index contributed by atoms with van der Waals surface area (Å²) in [6.07, 6.45) is 6.72. The molecule has 0 spiro atoms. The van der Waals surface area contributed by atoms with E-state index in [2.05, 4.69) is 27.7 Å². The van der Waals surface area contributed by atoms with Gasteiger partial charge in [0.1, 0.15) is 6.10 Å². The van der Waals surface area contributed by atoms with Gasteiger partial charge in [-0.2, -0.15) is 0 Å². The van der Waals surface area contributed by atoms with E-state index in [0.717, 1.165) is 45.1 Å². The van der Waals surface area contributed by atoms with Crippen molar-refractivity contribution in [2.45, 2.75) is 77.9 Å². The highest BCUT2D eigenvalue weighted by atomic mass is 28.4. The molecule has 1 fully saturated rings. The van der Waals surface area contributed by atoms with Crippen LogP contribution in [0.15, 0.2) is 0 Å². The molecule has 0 saturated carbocycles. The fourth-order valence-electron chi connectivity index (χ4n) is 2.27. The molecule has 0 bridgehead atoms. The van der Waals surface area contributed by atoms with Crippen LogP contribution in [0, 0.1) is 0 Å². The summed E-state index contributed by atoms with van der Waals surface area (Å²) in [5.74, 6) is 0. The lowest BCUT2D eigenvalue weighted by molar-refractivity contribution is 0.0304. The molecular formula is C18H38O5Si. The highest BCUT2D eigenvalue weighted by molar-refractivity contribution is 6.62. The Labute approximate surface area is 149 Å². The molecule has 2 atom stereocenters. The average Bonchev–Trinajstić information content (AvgIpc) is 3.39. The maximum atomic E-state index is 6.28. The van der Waals surface area contributed by atoms with Gasteiger partial charge in [-0.15, -0.1) is 0 Å². The molecule has 1 heterocycles. The van der Waals surface area contributed by atoms with Crippen LogP contribution in [0.3, 0.4) is 0 Å². The normalized spacial score (nSPS) is 18.8. The second kappa shape index (κ2) is 13.3. The Morgan fingerprint density at radius 1 is 0.917 bits per heavy atom. The van der Waals surface area contributed by atoms with Crippen molar-refractivity contribution in [2.75, 3.05) is 39.6 Å². The zero-order chi connectivity index (χ0) is 17.7. The molecule has 2 unspecified atom stereocenters. The first-order valence-electron chi connectivity index (χ1n) is 9.79. The fraction of sp³-hybridized carbons (Fsp3) is 1.00. The molecule has 144 valence electrons. The van der Waals surface area contributed by atoms with Crippen molar-refractivity contribution in [3.05, 3.63) is 0 Å². The molecule has 6 heteroatoms. The van der Waals surface area contributed by atoms with Crippen molar-refractivity contribution in [1.29, 1.82) is 0 Å². The summed E-state index contributed by atoms with van der Waals surface area (Å²) in [5, 5.41) is 0. The van der Waals surface area contributed by atoms with E-state index in [0.29, 0.717) is 33.0 Å². The molecule has 0 N–H and O–H groups in total. The first kappa shape index (κ1) is 22.1. The predicted octanol–water partition coefficient (Wildman–Crippen LogP) is 4.18. The Morgan fingerprint density at radius 3 is 1.75 bits per heavy atom. The second-order valence-corrected chi connectivity index (χ2v) is 9.66. The molecule has 5 nitrogen and oxygen atoms in total. The largest absolute Gasteiger partial charge is 0.506 e. The maximum absolute atomic E-state index is 6.28. The van der Waals surface area contributed by atoms with E-state index in [4.69, 9.17) is 22.8 Å². The molecule has 1 saturated heterocycles. The molecule has 1 rings (SSSR count). The molecule has 1 aliphatic rings. The topological polar surface area (TPSA) is 49.5 Å². The SMILES string of the molecule is CCCCO[Si](OCCCC)(OCCCC)C(C)COCC1CO1. The van der Waals surface area contributed by atoms with Gasteiger partial charge in [0.05, 0.1) is 19.8 Å². The van der Waals surface area contributed by atoms with E-state index < -0.39 is 8.80 Å². The van der Waals surface area contributed by atoms with E-state index in [1.54, 1.807) is 0 Å². The minimum Gasteiger partial charge on any atom is -0.378 e. The zero-order valence-electron chi connectivity index (χ0n) is 16.2. The van der Waals surface area contributed by atoms with Crippen LogP contribution in [0.5, 0.6) is 0 Å². The van der Waals surface area contributed by atoms with E-state index in [9.17, 15) is 0 Å². The summed E-state index contributed by atoms with van der Waals surface area (Å²) in [6.45, 7) is 12.9. The lowest BCUT2D eigenvalue weighted by Crippen LogP contribution is -2.51. The van der Waals surface area contributed by atoms with Gasteiger partial charge < -0.3 is 22.8 Å². The highest BCUT2D eigenvalue weighted by Gasteiger charge is 2.47. The quantitative estimate of drug-likeness (QED) is 0.221. The second-order valence-electron chi connectivity index (χ2n) is 6.60. The van der Waals surface area contributed by atoms with Crippen molar-refractivity contribution in [3.8, 4) is 0 Å². The third-order valence-corrected chi connectivity index (χ3v) is 7.27. The first-order chi connectivity index (χ1) is 11.7. The third-order valence-electron chi connectivity index (χ3n) is 4.08. The van der Waals surface area contributed by atoms with Crippen LogP contribution in [-0.2, 0) is 22.8 Å². The minimum absolute atomic E-state index is 0.141. The summed E-state index contributed by atoms with van der Waals surface area (Å²) in [7, 11) is -2.73. The summed E-state index contributed by atoms with van der Waals surface area (Å²) < 4.78 is 29.9. The Hall–Kier alpha value is 0.0169. The minimum atomic E-state index is -2.73. The Bertz CT molecular complexity index is 273. The highest BCUT2D eigenvalue weighted by Crippen LogP contribution is 2.28. The Balaban J connectivity index is 2.62. The molecule has 0 aromatic carbocycles. The fourth-order valence-corrected chi connectivity index (χ4v) is 4.98. The van der Waals surface area contributed by atoms with Gasteiger partial charge in [0.2, 0.25) is 0 Å². The van der Waals surface area contributed by atoms with Crippen LogP contribution in [0.2, 0.25) is 5.54 Å². The summed E-state index contributed by atoms with van der Waals surface area (Å²) in [6, 6.07) is 0. The molecule has 0 radical (unpaired) electrons. The number of ether oxygens (including phenoxy) is 2. The van der Waals surface area contributed by atoms with Crippen molar-refractivity contribution >= 4 is 8.80 Å². The summed E-state index contributed by atoms with van der Waals surface area (Å²) >= 11 is 0. The lowest BCUT2D eigenvalue weighted by Gasteiger charge is -2.34. The van der Waals surface area contributed by atoms with Crippen LogP contribution in [0.1, 0.15) is 66.2 Å². The van der Waals surface area contributed by atoms with Crippen molar-refractivity contribution in [3.63, 3.8) is 0 Å². The maximum Gasteiger partial charge on any atom is 0.506 e. The van der Waals surface area contributed by atoms with Gasteiger partial charge in [-0.1, -0.05) is 47.0 Å². The predicted molar refractivity (Wildman–Crippen MR) is 98.3 cm³/mol. The van der Waals surface area contributed by atoms with E-state index in [1.807, 2.05) is 0 Å². The van der Waals surface area contributed by atoms with Gasteiger partial charge in [0.15, 0.2) is 0 Å². The van der Waals surface area contributed by atoms with Crippen LogP contribution in [-0.4, -0.2) is 54.5 Å². The van der Waals surface area contributed by atoms with E-state index >= 15 is 0 Å². The number of rotatable bonds is 17. The number of epoxide rings is 1. The molecule has 0 amide bonds. The molecule has 24 heavy (non-hydrogen) atoms. The molecular weight excluding hydrogens is 324 g/mol. The Morgan fingerprint density at radius 2 is 1.38 bits per heavy atom. The van der Waals surface area contributed by atoms with E-state index in [1.165, 1.54) is 0 Å². The monoisotopic (exact) mass is 362 g/mol. The van der Waals surface area contributed by atoms with Crippen molar-refractivity contribution in [1.82, 2.24) is 0 Å². The average molecular weight is 363 g/mol.